The van der Waals surface area contributed by atoms with Crippen molar-refractivity contribution in [3.8, 4) is 11.4 Å². The van der Waals surface area contributed by atoms with Crippen LogP contribution in [-0.2, 0) is 30.9 Å². The highest BCUT2D eigenvalue weighted by molar-refractivity contribution is 7.90. The number of aromatic nitrogens is 2. The van der Waals surface area contributed by atoms with Crippen LogP contribution in [0.25, 0.3) is 11.4 Å². The van der Waals surface area contributed by atoms with Crippen molar-refractivity contribution in [2.45, 2.75) is 103 Å². The number of nitro benzene ring substituents is 1. The van der Waals surface area contributed by atoms with Crippen LogP contribution >= 0.6 is 0 Å². The number of nitrogens with one attached hydrogen (secondary N) is 3. The third kappa shape index (κ3) is 7.65. The molecule has 1 unspecified atom stereocenters. The minimum absolute atomic E-state index is 0.0277. The van der Waals surface area contributed by atoms with Gasteiger partial charge in [0.05, 0.1) is 28.3 Å². The van der Waals surface area contributed by atoms with Crippen LogP contribution < -0.4 is 20.3 Å². The van der Waals surface area contributed by atoms with Crippen molar-refractivity contribution < 1.29 is 27.4 Å². The van der Waals surface area contributed by atoms with E-state index in [2.05, 4.69) is 19.7 Å². The van der Waals surface area contributed by atoms with Gasteiger partial charge in [0.1, 0.15) is 18.1 Å². The highest BCUT2D eigenvalue weighted by Gasteiger charge is 2.54. The average Bonchev–Trinajstić information content (AvgIpc) is 3.15. The van der Waals surface area contributed by atoms with Gasteiger partial charge in [-0.3, -0.25) is 29.0 Å². The van der Waals surface area contributed by atoms with E-state index in [1.165, 1.54) is 24.3 Å². The van der Waals surface area contributed by atoms with E-state index in [-0.39, 0.29) is 29.2 Å². The monoisotopic (exact) mass is 632 g/mol. The lowest BCUT2D eigenvalue weighted by atomic mass is 9.72. The van der Waals surface area contributed by atoms with Crippen molar-refractivity contribution in [3.63, 3.8) is 0 Å². The molecule has 1 amide bonds. The molecule has 0 bridgehead atoms. The topological polar surface area (TPSA) is 184 Å². The smallest absolute Gasteiger partial charge is 0.402 e. The molecule has 0 radical (unpaired) electrons. The Hall–Kier alpha value is -3.34. The number of non-ortho nitro benzene ring substituents is 1. The third-order valence-corrected chi connectivity index (χ3v) is 9.60. The summed E-state index contributed by atoms with van der Waals surface area (Å²) in [6.45, 7) is 10.9. The Labute approximate surface area is 257 Å². The second-order valence-corrected chi connectivity index (χ2v) is 14.2. The molecule has 2 aromatic rings. The first kappa shape index (κ1) is 33.6. The predicted octanol–water partition coefficient (Wildman–Crippen LogP) is 3.17. The molecular weight excluding hydrogens is 591 g/mol. The van der Waals surface area contributed by atoms with Gasteiger partial charge >= 0.3 is 7.12 Å². The maximum absolute atomic E-state index is 13.7. The van der Waals surface area contributed by atoms with Crippen LogP contribution in [0.2, 0.25) is 0 Å². The molecule has 2 fully saturated rings. The van der Waals surface area contributed by atoms with Crippen LogP contribution in [0.4, 0.5) is 11.4 Å². The lowest BCUT2D eigenvalue weighted by Crippen LogP contribution is -2.52. The maximum Gasteiger partial charge on any atom is 0.482 e. The summed E-state index contributed by atoms with van der Waals surface area (Å²) in [5, 5.41) is 14.1. The van der Waals surface area contributed by atoms with E-state index in [4.69, 9.17) is 9.31 Å². The summed E-state index contributed by atoms with van der Waals surface area (Å²) in [7, 11) is -4.87. The number of benzene rings is 1. The molecule has 2 heterocycles. The molecule has 0 spiro atoms. The van der Waals surface area contributed by atoms with Crippen molar-refractivity contribution in [1.82, 2.24) is 19.6 Å². The van der Waals surface area contributed by atoms with Gasteiger partial charge in [0.2, 0.25) is 5.91 Å². The average molecular weight is 633 g/mol. The molecule has 1 aliphatic carbocycles. The summed E-state index contributed by atoms with van der Waals surface area (Å²) in [5.41, 5.74) is -2.26. The fourth-order valence-electron chi connectivity index (χ4n) is 5.24. The molecule has 44 heavy (non-hydrogen) atoms. The van der Waals surface area contributed by atoms with Gasteiger partial charge in [-0.15, -0.1) is 0 Å². The quantitative estimate of drug-likeness (QED) is 0.190. The van der Waals surface area contributed by atoms with Gasteiger partial charge in [0, 0.05) is 23.7 Å². The predicted molar refractivity (Wildman–Crippen MR) is 166 cm³/mol. The number of rotatable bonds is 11. The number of hydrogen-bond donors (Lipinski definition) is 3. The molecular formula is C28H41BN6O8S. The molecule has 1 aromatic carbocycles. The van der Waals surface area contributed by atoms with Gasteiger partial charge in [0.25, 0.3) is 21.5 Å². The number of hydrogen-bond acceptors (Lipinski definition) is 9. The van der Waals surface area contributed by atoms with Crippen LogP contribution in [0.15, 0.2) is 35.3 Å². The van der Waals surface area contributed by atoms with Crippen LogP contribution in [-0.4, -0.2) is 59.1 Å². The first-order valence-corrected chi connectivity index (χ1v) is 16.3. The molecule has 3 N–H and O–H groups in total. The summed E-state index contributed by atoms with van der Waals surface area (Å²) >= 11 is 0. The van der Waals surface area contributed by atoms with Crippen LogP contribution in [0.5, 0.6) is 0 Å². The molecule has 14 nitrogen and oxygen atoms in total. The van der Waals surface area contributed by atoms with Gasteiger partial charge in [-0.2, -0.15) is 13.1 Å². The summed E-state index contributed by atoms with van der Waals surface area (Å²) in [5.74, 6) is -1.22. The van der Waals surface area contributed by atoms with Crippen LogP contribution in [0.3, 0.4) is 0 Å². The third-order valence-electron chi connectivity index (χ3n) is 8.47. The van der Waals surface area contributed by atoms with E-state index in [9.17, 15) is 28.1 Å². The number of carbonyl (C=O) groups is 1. The van der Waals surface area contributed by atoms with Crippen molar-refractivity contribution in [2.75, 3.05) is 4.72 Å². The lowest BCUT2D eigenvalue weighted by Gasteiger charge is -2.32. The second kappa shape index (κ2) is 13.0. The molecule has 240 valence electrons. The molecule has 1 atom stereocenters. The highest BCUT2D eigenvalue weighted by atomic mass is 32.2. The molecule has 2 aliphatic rings. The SMILES string of the molecule is CC(C)C(NC(=O)Cn1c(-c2ccc([N+](=O)[O-])cc2)ncc(NS(=O)(=O)NC2CCCCC2)c1=O)B1OC(C)(C)C(C)(C)O1. The first-order chi connectivity index (χ1) is 20.5. The van der Waals surface area contributed by atoms with E-state index in [0.717, 1.165) is 30.0 Å². The van der Waals surface area contributed by atoms with Crippen LogP contribution in [0, 0.1) is 16.0 Å². The molecule has 1 aromatic heterocycles. The standard InChI is InChI=1S/C28H41BN6O8S/c1-18(2)24(29-42-27(3,4)28(5,6)43-29)31-23(36)17-34-25(19-12-14-21(15-13-19)35(38)39)30-16-22(26(34)37)33-44(40,41)32-20-10-8-7-9-11-20/h12-16,18,20,24,32-33H,7-11,17H2,1-6H3,(H,31,36). The normalized spacial score (nSPS) is 19.1. The zero-order chi connectivity index (χ0) is 32.4. The molecule has 4 rings (SSSR count). The van der Waals surface area contributed by atoms with Crippen molar-refractivity contribution in [1.29, 1.82) is 0 Å². The van der Waals surface area contributed by atoms with Gasteiger partial charge in [-0.1, -0.05) is 33.1 Å². The number of nitrogens with zero attached hydrogens (tertiary/aromatic N) is 3. The molecule has 16 heteroatoms. The molecule has 1 saturated carbocycles. The van der Waals surface area contributed by atoms with E-state index in [1.54, 1.807) is 0 Å². The fraction of sp³-hybridized carbons (Fsp3) is 0.607. The van der Waals surface area contributed by atoms with E-state index in [1.807, 2.05) is 41.5 Å². The zero-order valence-electron chi connectivity index (χ0n) is 26.0. The minimum atomic E-state index is -4.12. The van der Waals surface area contributed by atoms with Gasteiger partial charge < -0.3 is 14.6 Å². The summed E-state index contributed by atoms with van der Waals surface area (Å²) < 4.78 is 44.1. The Morgan fingerprint density at radius 2 is 1.70 bits per heavy atom. The Morgan fingerprint density at radius 3 is 2.25 bits per heavy atom. The Kier molecular flexibility index (Phi) is 9.88. The van der Waals surface area contributed by atoms with Crippen molar-refractivity contribution in [2.24, 2.45) is 5.92 Å². The summed E-state index contributed by atoms with van der Waals surface area (Å²) in [4.78, 5) is 42.1. The zero-order valence-corrected chi connectivity index (χ0v) is 26.8. The van der Waals surface area contributed by atoms with Gasteiger partial charge in [-0.25, -0.2) is 4.98 Å². The largest absolute Gasteiger partial charge is 0.482 e. The molecule has 1 aliphatic heterocycles. The Morgan fingerprint density at radius 1 is 1.11 bits per heavy atom. The number of nitro groups is 1. The van der Waals surface area contributed by atoms with E-state index < -0.39 is 57.4 Å². The van der Waals surface area contributed by atoms with Gasteiger partial charge in [-0.05, 0) is 58.6 Å². The number of carbonyl (C=O) groups excluding carboxylic acids is 1. The first-order valence-electron chi connectivity index (χ1n) is 14.8. The second-order valence-electron chi connectivity index (χ2n) is 12.7. The van der Waals surface area contributed by atoms with Crippen molar-refractivity contribution >= 4 is 34.6 Å². The van der Waals surface area contributed by atoms with Gasteiger partial charge in [0.15, 0.2) is 0 Å². The van der Waals surface area contributed by atoms with Crippen LogP contribution in [0.1, 0.15) is 73.6 Å². The summed E-state index contributed by atoms with van der Waals surface area (Å²) in [6.07, 6.45) is 5.33. The van der Waals surface area contributed by atoms with Crippen molar-refractivity contribution in [3.05, 3.63) is 50.9 Å². The fourth-order valence-corrected chi connectivity index (χ4v) is 6.41. The lowest BCUT2D eigenvalue weighted by molar-refractivity contribution is -0.384. The molecule has 1 saturated heterocycles. The Balaban J connectivity index is 1.64. The maximum atomic E-state index is 13.7. The number of amides is 1. The van der Waals surface area contributed by atoms with E-state index in [0.29, 0.717) is 18.4 Å². The minimum Gasteiger partial charge on any atom is -0.402 e. The van der Waals surface area contributed by atoms with E-state index >= 15 is 0 Å². The Bertz CT molecular complexity index is 1520. The highest BCUT2D eigenvalue weighted by Crippen LogP contribution is 2.38. The number of anilines is 1. The summed E-state index contributed by atoms with van der Waals surface area (Å²) in [6, 6.07) is 5.08.